The van der Waals surface area contributed by atoms with E-state index in [0.717, 1.165) is 38.8 Å². The Kier molecular flexibility index (Phi) is 6.90. The van der Waals surface area contributed by atoms with Gasteiger partial charge in [-0.25, -0.2) is 0 Å². The molecule has 5 nitrogen and oxygen atoms in total. The minimum absolute atomic E-state index is 0.0698. The largest absolute Gasteiger partial charge is 0.416 e. The molecule has 2 aromatic carbocycles. The monoisotopic (exact) mass is 440 g/mol. The molecule has 0 aliphatic carbocycles. The third-order valence-corrected chi connectivity index (χ3v) is 5.58. The molecule has 9 heteroatoms. The first-order valence-electron chi connectivity index (χ1n) is 9.68. The predicted octanol–water partition coefficient (Wildman–Crippen LogP) is 4.33. The Morgan fingerprint density at radius 1 is 1.10 bits per heavy atom. The standard InChI is InChI=1S/C21H24ClF3N4O/c1-2-28-7-9-29(10-8-28)13-15-3-5-16(12-17(15)21(23,24)25)27-20(30)14-4-6-18(22)19(26)11-14/h3-6,11-12H,2,7-10,13,26H2,1H3,(H,27,30). The Balaban J connectivity index is 1.77. The van der Waals surface area contributed by atoms with Gasteiger partial charge < -0.3 is 16.0 Å². The molecular weight excluding hydrogens is 417 g/mol. The van der Waals surface area contributed by atoms with Crippen LogP contribution >= 0.6 is 11.6 Å². The number of halogens is 4. The van der Waals surface area contributed by atoms with Crippen LogP contribution in [0.1, 0.15) is 28.4 Å². The van der Waals surface area contributed by atoms with Gasteiger partial charge in [-0.1, -0.05) is 24.6 Å². The van der Waals surface area contributed by atoms with Gasteiger partial charge in [0.15, 0.2) is 0 Å². The summed E-state index contributed by atoms with van der Waals surface area (Å²) in [5, 5.41) is 2.80. The number of hydrogen-bond acceptors (Lipinski definition) is 4. The van der Waals surface area contributed by atoms with E-state index in [4.69, 9.17) is 17.3 Å². The molecule has 3 N–H and O–H groups in total. The zero-order valence-corrected chi connectivity index (χ0v) is 17.4. The van der Waals surface area contributed by atoms with Crippen molar-refractivity contribution in [2.24, 2.45) is 0 Å². The molecule has 162 valence electrons. The van der Waals surface area contributed by atoms with E-state index in [1.165, 1.54) is 30.3 Å². The Morgan fingerprint density at radius 3 is 2.37 bits per heavy atom. The van der Waals surface area contributed by atoms with Gasteiger partial charge in [-0.05, 0) is 42.4 Å². The van der Waals surface area contributed by atoms with E-state index >= 15 is 0 Å². The Hall–Kier alpha value is -2.29. The number of anilines is 2. The average molecular weight is 441 g/mol. The molecular formula is C21H24ClF3N4O. The Morgan fingerprint density at radius 2 is 1.77 bits per heavy atom. The number of benzene rings is 2. The number of alkyl halides is 3. The van der Waals surface area contributed by atoms with Crippen LogP contribution in [0, 0.1) is 0 Å². The molecule has 1 aliphatic rings. The van der Waals surface area contributed by atoms with Crippen LogP contribution in [0.4, 0.5) is 24.5 Å². The molecule has 30 heavy (non-hydrogen) atoms. The second-order valence-corrected chi connectivity index (χ2v) is 7.68. The molecule has 2 aromatic rings. The van der Waals surface area contributed by atoms with Gasteiger partial charge in [0.25, 0.3) is 5.91 Å². The van der Waals surface area contributed by atoms with E-state index in [9.17, 15) is 18.0 Å². The van der Waals surface area contributed by atoms with Gasteiger partial charge in [-0.2, -0.15) is 13.2 Å². The van der Waals surface area contributed by atoms with Crippen molar-refractivity contribution in [1.29, 1.82) is 0 Å². The van der Waals surface area contributed by atoms with Gasteiger partial charge in [0.2, 0.25) is 0 Å². The Labute approximate surface area is 178 Å². The summed E-state index contributed by atoms with van der Waals surface area (Å²) in [6.07, 6.45) is -4.52. The predicted molar refractivity (Wildman–Crippen MR) is 113 cm³/mol. The fourth-order valence-corrected chi connectivity index (χ4v) is 3.57. The molecule has 1 fully saturated rings. The van der Waals surface area contributed by atoms with E-state index in [0.29, 0.717) is 5.02 Å². The van der Waals surface area contributed by atoms with Gasteiger partial charge in [-0.15, -0.1) is 0 Å². The molecule has 3 rings (SSSR count). The smallest absolute Gasteiger partial charge is 0.398 e. The van der Waals surface area contributed by atoms with Gasteiger partial charge in [0.05, 0.1) is 16.3 Å². The number of nitrogens with one attached hydrogen (secondary N) is 1. The number of hydrogen-bond donors (Lipinski definition) is 2. The molecule has 1 heterocycles. The van der Waals surface area contributed by atoms with Crippen LogP contribution in [-0.2, 0) is 12.7 Å². The van der Waals surface area contributed by atoms with E-state index in [2.05, 4.69) is 17.1 Å². The maximum Gasteiger partial charge on any atom is 0.416 e. The number of carbonyl (C=O) groups excluding carboxylic acids is 1. The molecule has 1 aliphatic heterocycles. The van der Waals surface area contributed by atoms with Crippen molar-refractivity contribution in [2.75, 3.05) is 43.8 Å². The first-order valence-corrected chi connectivity index (χ1v) is 10.1. The fourth-order valence-electron chi connectivity index (χ4n) is 3.45. The first kappa shape index (κ1) is 22.4. The van der Waals surface area contributed by atoms with Crippen molar-refractivity contribution in [1.82, 2.24) is 9.80 Å². The normalized spacial score (nSPS) is 15.9. The fraction of sp³-hybridized carbons (Fsp3) is 0.381. The summed E-state index contributed by atoms with van der Waals surface area (Å²) in [6, 6.07) is 8.21. The highest BCUT2D eigenvalue weighted by atomic mass is 35.5. The van der Waals surface area contributed by atoms with E-state index in [1.54, 1.807) is 0 Å². The van der Waals surface area contributed by atoms with Crippen molar-refractivity contribution >= 4 is 28.9 Å². The summed E-state index contributed by atoms with van der Waals surface area (Å²) >= 11 is 5.84. The van der Waals surface area contributed by atoms with Crippen LogP contribution in [0.15, 0.2) is 36.4 Å². The summed E-state index contributed by atoms with van der Waals surface area (Å²) in [4.78, 5) is 16.7. The zero-order chi connectivity index (χ0) is 21.9. The average Bonchev–Trinajstić information content (AvgIpc) is 2.71. The molecule has 0 radical (unpaired) electrons. The van der Waals surface area contributed by atoms with E-state index in [-0.39, 0.29) is 29.0 Å². The highest BCUT2D eigenvalue weighted by Gasteiger charge is 2.34. The number of nitrogens with zero attached hydrogens (tertiary/aromatic N) is 2. The number of nitrogens with two attached hydrogens (primary N) is 1. The molecule has 0 bridgehead atoms. The van der Waals surface area contributed by atoms with Crippen LogP contribution in [0.3, 0.4) is 0 Å². The number of piperazine rings is 1. The van der Waals surface area contributed by atoms with E-state index in [1.807, 2.05) is 4.90 Å². The number of amides is 1. The van der Waals surface area contributed by atoms with Gasteiger partial charge in [0, 0.05) is 44.0 Å². The van der Waals surface area contributed by atoms with Gasteiger partial charge in [0.1, 0.15) is 0 Å². The molecule has 1 saturated heterocycles. The second kappa shape index (κ2) is 9.24. The lowest BCUT2D eigenvalue weighted by atomic mass is 10.0. The third kappa shape index (κ3) is 5.44. The number of nitrogen functional groups attached to an aromatic ring is 1. The van der Waals surface area contributed by atoms with Gasteiger partial charge in [-0.3, -0.25) is 9.69 Å². The van der Waals surface area contributed by atoms with Crippen LogP contribution in [0.2, 0.25) is 5.02 Å². The summed E-state index contributed by atoms with van der Waals surface area (Å²) in [5.41, 5.74) is 5.65. The topological polar surface area (TPSA) is 61.6 Å². The maximum atomic E-state index is 13.7. The van der Waals surface area contributed by atoms with Crippen LogP contribution in [0.25, 0.3) is 0 Å². The van der Waals surface area contributed by atoms with Gasteiger partial charge >= 0.3 is 6.18 Å². The van der Waals surface area contributed by atoms with Crippen LogP contribution in [0.5, 0.6) is 0 Å². The number of rotatable bonds is 5. The lowest BCUT2D eigenvalue weighted by molar-refractivity contribution is -0.138. The third-order valence-electron chi connectivity index (χ3n) is 5.24. The summed E-state index contributed by atoms with van der Waals surface area (Å²) in [6.45, 7) is 6.36. The second-order valence-electron chi connectivity index (χ2n) is 7.27. The molecule has 0 saturated carbocycles. The van der Waals surface area contributed by atoms with Crippen molar-refractivity contribution in [3.8, 4) is 0 Å². The molecule has 1 amide bonds. The quantitative estimate of drug-likeness (QED) is 0.679. The van der Waals surface area contributed by atoms with Crippen molar-refractivity contribution in [3.63, 3.8) is 0 Å². The van der Waals surface area contributed by atoms with Crippen LogP contribution < -0.4 is 11.1 Å². The minimum atomic E-state index is -4.52. The first-order chi connectivity index (χ1) is 14.2. The summed E-state index contributed by atoms with van der Waals surface area (Å²) < 4.78 is 41.1. The summed E-state index contributed by atoms with van der Waals surface area (Å²) in [7, 11) is 0. The van der Waals surface area contributed by atoms with Crippen LogP contribution in [-0.4, -0.2) is 48.4 Å². The Bertz CT molecular complexity index is 912. The molecule has 0 unspecified atom stereocenters. The van der Waals surface area contributed by atoms with Crippen molar-refractivity contribution < 1.29 is 18.0 Å². The maximum absolute atomic E-state index is 13.7. The lowest BCUT2D eigenvalue weighted by Crippen LogP contribution is -2.45. The lowest BCUT2D eigenvalue weighted by Gasteiger charge is -2.34. The molecule has 0 atom stereocenters. The van der Waals surface area contributed by atoms with E-state index < -0.39 is 17.6 Å². The number of carbonyl (C=O) groups is 1. The SMILES string of the molecule is CCN1CCN(Cc2ccc(NC(=O)c3ccc(Cl)c(N)c3)cc2C(F)(F)F)CC1. The molecule has 0 spiro atoms. The summed E-state index contributed by atoms with van der Waals surface area (Å²) in [5.74, 6) is -0.560. The van der Waals surface area contributed by atoms with Crippen molar-refractivity contribution in [2.45, 2.75) is 19.6 Å². The minimum Gasteiger partial charge on any atom is -0.398 e. The molecule has 0 aromatic heterocycles. The highest BCUT2D eigenvalue weighted by Crippen LogP contribution is 2.35. The zero-order valence-electron chi connectivity index (χ0n) is 16.6. The number of likely N-dealkylation sites (N-methyl/N-ethyl adjacent to an activating group) is 1. The van der Waals surface area contributed by atoms with Crippen molar-refractivity contribution in [3.05, 3.63) is 58.1 Å². The highest BCUT2D eigenvalue weighted by molar-refractivity contribution is 6.33.